The minimum atomic E-state index is -6.04. The van der Waals surface area contributed by atoms with Gasteiger partial charge in [-0.3, -0.25) is 4.79 Å². The van der Waals surface area contributed by atoms with E-state index in [0.717, 1.165) is 6.92 Å². The van der Waals surface area contributed by atoms with Gasteiger partial charge in [0.2, 0.25) is 0 Å². The van der Waals surface area contributed by atoms with Gasteiger partial charge < -0.3 is 0 Å². The summed E-state index contributed by atoms with van der Waals surface area (Å²) in [5.74, 6) is -0.884. The van der Waals surface area contributed by atoms with E-state index in [-0.39, 0.29) is 11.8 Å². The zero-order valence-electron chi connectivity index (χ0n) is 7.88. The van der Waals surface area contributed by atoms with Gasteiger partial charge in [-0.2, -0.15) is 26.3 Å². The van der Waals surface area contributed by atoms with E-state index >= 15 is 0 Å². The molecule has 0 aliphatic heterocycles. The molecule has 0 unspecified atom stereocenters. The van der Waals surface area contributed by atoms with Crippen molar-refractivity contribution in [3.05, 3.63) is 0 Å². The van der Waals surface area contributed by atoms with Crippen molar-refractivity contribution in [3.63, 3.8) is 0 Å². The molecular formula is C7H7F7OS. The highest BCUT2D eigenvalue weighted by Gasteiger charge is 2.71. The van der Waals surface area contributed by atoms with Gasteiger partial charge in [0.25, 0.3) is 5.67 Å². The van der Waals surface area contributed by atoms with Gasteiger partial charge in [-0.25, -0.2) is 4.39 Å². The summed E-state index contributed by atoms with van der Waals surface area (Å²) >= 11 is 0.211. The molecule has 0 aromatic heterocycles. The standard InChI is InChI=1S/C7H7F7OS/c1-4(15)16-3-2-5(8,6(9,10)11)7(12,13)14/h2-3H2,1H3. The van der Waals surface area contributed by atoms with Gasteiger partial charge in [0.05, 0.1) is 0 Å². The molecule has 0 heterocycles. The lowest BCUT2D eigenvalue weighted by Crippen LogP contribution is -2.53. The van der Waals surface area contributed by atoms with Gasteiger partial charge in [-0.05, 0) is 0 Å². The molecule has 96 valence electrons. The molecule has 0 bridgehead atoms. The molecule has 0 saturated carbocycles. The van der Waals surface area contributed by atoms with Gasteiger partial charge in [-0.1, -0.05) is 11.8 Å². The fourth-order valence-corrected chi connectivity index (χ4v) is 1.45. The predicted octanol–water partition coefficient (Wildman–Crippen LogP) is 3.49. The Labute approximate surface area is 90.4 Å². The molecule has 1 nitrogen and oxygen atoms in total. The zero-order chi connectivity index (χ0) is 13.2. The Bertz CT molecular complexity index is 242. The number of hydrogen-bond acceptors (Lipinski definition) is 2. The van der Waals surface area contributed by atoms with Crippen molar-refractivity contribution in [1.29, 1.82) is 0 Å². The second-order valence-electron chi connectivity index (χ2n) is 2.89. The summed E-state index contributed by atoms with van der Waals surface area (Å²) in [5, 5.41) is -0.674. The highest BCUT2D eigenvalue weighted by atomic mass is 32.2. The van der Waals surface area contributed by atoms with E-state index in [1.807, 2.05) is 0 Å². The van der Waals surface area contributed by atoms with Crippen LogP contribution in [0.2, 0.25) is 0 Å². The molecule has 0 aliphatic rings. The number of halogens is 7. The molecule has 9 heteroatoms. The zero-order valence-corrected chi connectivity index (χ0v) is 8.69. The maximum Gasteiger partial charge on any atom is 0.431 e. The summed E-state index contributed by atoms with van der Waals surface area (Å²) in [6.07, 6.45) is -13.9. The minimum absolute atomic E-state index is 0.211. The van der Waals surface area contributed by atoms with Crippen LogP contribution < -0.4 is 0 Å². The Kier molecular flexibility index (Phi) is 4.66. The van der Waals surface area contributed by atoms with Crippen LogP contribution in [0.5, 0.6) is 0 Å². The van der Waals surface area contributed by atoms with E-state index in [1.54, 1.807) is 0 Å². The molecule has 0 spiro atoms. The van der Waals surface area contributed by atoms with Crippen LogP contribution in [-0.4, -0.2) is 28.9 Å². The molecule has 0 radical (unpaired) electrons. The average Bonchev–Trinajstić information content (AvgIpc) is 1.98. The van der Waals surface area contributed by atoms with E-state index in [2.05, 4.69) is 0 Å². The van der Waals surface area contributed by atoms with Crippen molar-refractivity contribution in [1.82, 2.24) is 0 Å². The molecule has 0 rings (SSSR count). The summed E-state index contributed by atoms with van der Waals surface area (Å²) in [7, 11) is 0. The van der Waals surface area contributed by atoms with Crippen molar-refractivity contribution in [2.45, 2.75) is 31.4 Å². The summed E-state index contributed by atoms with van der Waals surface area (Å²) in [6.45, 7) is 0.964. The van der Waals surface area contributed by atoms with Crippen molar-refractivity contribution in [3.8, 4) is 0 Å². The molecule has 0 atom stereocenters. The lowest BCUT2D eigenvalue weighted by Gasteiger charge is -2.29. The molecule has 0 amide bonds. The summed E-state index contributed by atoms with van der Waals surface area (Å²) in [5.41, 5.74) is -5.26. The van der Waals surface area contributed by atoms with Crippen molar-refractivity contribution in [2.24, 2.45) is 0 Å². The Hall–Kier alpha value is -0.470. The van der Waals surface area contributed by atoms with Gasteiger partial charge in [-0.15, -0.1) is 0 Å². The topological polar surface area (TPSA) is 17.1 Å². The van der Waals surface area contributed by atoms with Gasteiger partial charge in [0, 0.05) is 19.1 Å². The van der Waals surface area contributed by atoms with Crippen LogP contribution in [0.4, 0.5) is 30.7 Å². The van der Waals surface area contributed by atoms with Crippen LogP contribution in [0.15, 0.2) is 0 Å². The van der Waals surface area contributed by atoms with E-state index in [9.17, 15) is 35.5 Å². The van der Waals surface area contributed by atoms with Gasteiger partial charge in [0.15, 0.2) is 5.12 Å². The molecule has 0 aromatic carbocycles. The van der Waals surface area contributed by atoms with Crippen molar-refractivity contribution in [2.75, 3.05) is 5.75 Å². The highest BCUT2D eigenvalue weighted by Crippen LogP contribution is 2.48. The smallest absolute Gasteiger partial charge is 0.288 e. The van der Waals surface area contributed by atoms with Crippen LogP contribution in [0.25, 0.3) is 0 Å². The van der Waals surface area contributed by atoms with E-state index in [0.29, 0.717) is 0 Å². The first-order valence-electron chi connectivity index (χ1n) is 3.87. The second kappa shape index (κ2) is 4.80. The molecule has 0 saturated heterocycles. The molecule has 16 heavy (non-hydrogen) atoms. The molecule has 0 aliphatic carbocycles. The van der Waals surface area contributed by atoms with Crippen LogP contribution in [0.1, 0.15) is 13.3 Å². The van der Waals surface area contributed by atoms with E-state index in [1.165, 1.54) is 0 Å². The number of hydrogen-bond donors (Lipinski definition) is 0. The normalized spacial score (nSPS) is 14.0. The number of carbonyl (C=O) groups excluding carboxylic acids is 1. The second-order valence-corrected chi connectivity index (χ2v) is 4.16. The number of thioether (sulfide) groups is 1. The summed E-state index contributed by atoms with van der Waals surface area (Å²) in [6, 6.07) is 0. The minimum Gasteiger partial charge on any atom is -0.288 e. The first kappa shape index (κ1) is 15.5. The average molecular weight is 272 g/mol. The SMILES string of the molecule is CC(=O)SCCC(F)(C(F)(F)F)C(F)(F)F. The van der Waals surface area contributed by atoms with Crippen LogP contribution in [-0.2, 0) is 4.79 Å². The number of rotatable bonds is 3. The molecule has 0 fully saturated rings. The van der Waals surface area contributed by atoms with Crippen LogP contribution in [0, 0.1) is 0 Å². The Morgan fingerprint density at radius 3 is 1.62 bits per heavy atom. The molecular weight excluding hydrogens is 265 g/mol. The maximum absolute atomic E-state index is 12.9. The van der Waals surface area contributed by atoms with Gasteiger partial charge >= 0.3 is 12.4 Å². The first-order valence-corrected chi connectivity index (χ1v) is 4.86. The first-order chi connectivity index (χ1) is 6.92. The summed E-state index contributed by atoms with van der Waals surface area (Å²) in [4.78, 5) is 10.3. The van der Waals surface area contributed by atoms with Crippen molar-refractivity contribution >= 4 is 16.9 Å². The Morgan fingerprint density at radius 2 is 1.38 bits per heavy atom. The van der Waals surface area contributed by atoms with Crippen molar-refractivity contribution < 1.29 is 35.5 Å². The third-order valence-electron chi connectivity index (χ3n) is 1.65. The Morgan fingerprint density at radius 1 is 1.00 bits per heavy atom. The highest BCUT2D eigenvalue weighted by molar-refractivity contribution is 8.13. The number of carbonyl (C=O) groups is 1. The fourth-order valence-electron chi connectivity index (χ4n) is 0.780. The van der Waals surface area contributed by atoms with E-state index < -0.39 is 35.3 Å². The van der Waals surface area contributed by atoms with Crippen LogP contribution >= 0.6 is 11.8 Å². The lowest BCUT2D eigenvalue weighted by atomic mass is 10.0. The molecule has 0 N–H and O–H groups in total. The lowest BCUT2D eigenvalue weighted by molar-refractivity contribution is -0.341. The third-order valence-corrected chi connectivity index (χ3v) is 2.47. The predicted molar refractivity (Wildman–Crippen MR) is 43.7 cm³/mol. The monoisotopic (exact) mass is 272 g/mol. The quantitative estimate of drug-likeness (QED) is 0.731. The fraction of sp³-hybridized carbons (Fsp3) is 0.857. The Balaban J connectivity index is 4.78. The molecule has 0 aromatic rings. The van der Waals surface area contributed by atoms with E-state index in [4.69, 9.17) is 0 Å². The third kappa shape index (κ3) is 3.53. The summed E-state index contributed by atoms with van der Waals surface area (Å²) < 4.78 is 84.5. The van der Waals surface area contributed by atoms with Crippen LogP contribution in [0.3, 0.4) is 0 Å². The maximum atomic E-state index is 12.9. The van der Waals surface area contributed by atoms with Gasteiger partial charge in [0.1, 0.15) is 0 Å². The largest absolute Gasteiger partial charge is 0.431 e. The number of alkyl halides is 7.